The van der Waals surface area contributed by atoms with Crippen LogP contribution >= 0.6 is 0 Å². The van der Waals surface area contributed by atoms with Gasteiger partial charge in [-0.2, -0.15) is 0 Å². The number of carbonyl (C=O) groups excluding carboxylic acids is 1. The predicted octanol–water partition coefficient (Wildman–Crippen LogP) is 1.92. The van der Waals surface area contributed by atoms with Crippen molar-refractivity contribution < 1.29 is 18.3 Å². The third-order valence-corrected chi connectivity index (χ3v) is 4.20. The van der Waals surface area contributed by atoms with E-state index in [0.717, 1.165) is 6.42 Å². The minimum Gasteiger partial charge on any atom is -0.506 e. The first-order chi connectivity index (χ1) is 8.36. The Morgan fingerprint density at radius 3 is 2.61 bits per heavy atom. The van der Waals surface area contributed by atoms with E-state index in [1.807, 2.05) is 6.92 Å². The summed E-state index contributed by atoms with van der Waals surface area (Å²) in [5, 5.41) is 11.9. The number of unbranched alkanes of at least 4 members (excludes halogenated alkanes) is 1. The van der Waals surface area contributed by atoms with Crippen LogP contribution in [0.25, 0.3) is 0 Å². The number of carbonyl (C=O) groups is 1. The fourth-order valence-electron chi connectivity index (χ4n) is 1.45. The second-order valence-corrected chi connectivity index (χ2v) is 6.14. The summed E-state index contributed by atoms with van der Waals surface area (Å²) in [6, 6.07) is 3.89. The van der Waals surface area contributed by atoms with Crippen LogP contribution in [0.1, 0.15) is 26.7 Å². The largest absolute Gasteiger partial charge is 0.506 e. The highest BCUT2D eigenvalue weighted by Crippen LogP contribution is 2.27. The molecule has 0 aliphatic heterocycles. The first kappa shape index (κ1) is 14.5. The van der Waals surface area contributed by atoms with Crippen molar-refractivity contribution in [3.8, 4) is 5.75 Å². The molecule has 0 atom stereocenters. The average Bonchev–Trinajstić information content (AvgIpc) is 2.28. The number of anilines is 1. The van der Waals surface area contributed by atoms with Crippen molar-refractivity contribution in [2.75, 3.05) is 11.1 Å². The molecular weight excluding hydrogens is 254 g/mol. The molecule has 0 radical (unpaired) electrons. The Morgan fingerprint density at radius 1 is 1.39 bits per heavy atom. The molecule has 1 aromatic rings. The van der Waals surface area contributed by atoms with Crippen LogP contribution in [0.3, 0.4) is 0 Å². The number of sulfone groups is 1. The van der Waals surface area contributed by atoms with Crippen LogP contribution in [-0.4, -0.2) is 25.2 Å². The van der Waals surface area contributed by atoms with Gasteiger partial charge in [0.1, 0.15) is 5.75 Å². The fourth-order valence-corrected chi connectivity index (χ4v) is 2.93. The van der Waals surface area contributed by atoms with Crippen molar-refractivity contribution in [2.45, 2.75) is 31.6 Å². The van der Waals surface area contributed by atoms with Gasteiger partial charge in [-0.25, -0.2) is 8.42 Å². The summed E-state index contributed by atoms with van der Waals surface area (Å²) in [5.41, 5.74) is 0.111. The third-order valence-electron chi connectivity index (χ3n) is 2.40. The zero-order valence-corrected chi connectivity index (χ0v) is 11.3. The van der Waals surface area contributed by atoms with Crippen molar-refractivity contribution >= 4 is 21.4 Å². The van der Waals surface area contributed by atoms with Crippen molar-refractivity contribution in [2.24, 2.45) is 0 Å². The maximum atomic E-state index is 11.9. The maximum absolute atomic E-state index is 11.9. The lowest BCUT2D eigenvalue weighted by Crippen LogP contribution is -2.09. The molecule has 0 aliphatic rings. The van der Waals surface area contributed by atoms with Gasteiger partial charge in [0.2, 0.25) is 5.91 Å². The number of benzene rings is 1. The molecule has 0 spiro atoms. The van der Waals surface area contributed by atoms with Crippen LogP contribution in [-0.2, 0) is 14.6 Å². The Bertz CT molecular complexity index is 537. The summed E-state index contributed by atoms with van der Waals surface area (Å²) in [7, 11) is -3.36. The van der Waals surface area contributed by atoms with E-state index in [-0.39, 0.29) is 28.0 Å². The maximum Gasteiger partial charge on any atom is 0.221 e. The summed E-state index contributed by atoms with van der Waals surface area (Å²) in [6.45, 7) is 3.20. The third kappa shape index (κ3) is 3.73. The normalized spacial score (nSPS) is 11.2. The molecule has 0 saturated carbocycles. The van der Waals surface area contributed by atoms with Gasteiger partial charge in [0.25, 0.3) is 0 Å². The van der Waals surface area contributed by atoms with Gasteiger partial charge < -0.3 is 10.4 Å². The van der Waals surface area contributed by atoms with Gasteiger partial charge in [0, 0.05) is 6.92 Å². The highest BCUT2D eigenvalue weighted by Gasteiger charge is 2.16. The molecule has 2 N–H and O–H groups in total. The molecule has 0 aromatic heterocycles. The Kier molecular flexibility index (Phi) is 4.72. The van der Waals surface area contributed by atoms with E-state index in [1.54, 1.807) is 0 Å². The second-order valence-electron chi connectivity index (χ2n) is 4.03. The molecule has 0 heterocycles. The lowest BCUT2D eigenvalue weighted by Gasteiger charge is -2.08. The minimum atomic E-state index is -3.36. The molecule has 18 heavy (non-hydrogen) atoms. The van der Waals surface area contributed by atoms with E-state index in [2.05, 4.69) is 5.32 Å². The number of amides is 1. The molecule has 0 fully saturated rings. The van der Waals surface area contributed by atoms with Gasteiger partial charge in [0.05, 0.1) is 16.3 Å². The summed E-state index contributed by atoms with van der Waals surface area (Å²) in [6.07, 6.45) is 1.37. The number of hydrogen-bond donors (Lipinski definition) is 2. The van der Waals surface area contributed by atoms with Gasteiger partial charge in [0.15, 0.2) is 9.84 Å². The number of hydrogen-bond acceptors (Lipinski definition) is 4. The van der Waals surface area contributed by atoms with Crippen LogP contribution in [0.5, 0.6) is 5.75 Å². The quantitative estimate of drug-likeness (QED) is 0.801. The van der Waals surface area contributed by atoms with Crippen molar-refractivity contribution in [3.63, 3.8) is 0 Å². The zero-order valence-electron chi connectivity index (χ0n) is 10.4. The Morgan fingerprint density at radius 2 is 2.06 bits per heavy atom. The number of nitrogens with one attached hydrogen (secondary N) is 1. The number of aromatic hydroxyl groups is 1. The van der Waals surface area contributed by atoms with Gasteiger partial charge >= 0.3 is 0 Å². The predicted molar refractivity (Wildman–Crippen MR) is 69.4 cm³/mol. The van der Waals surface area contributed by atoms with Crippen LogP contribution in [0, 0.1) is 0 Å². The molecular formula is C12H17NO4S. The molecule has 100 valence electrons. The molecule has 6 heteroatoms. The van der Waals surface area contributed by atoms with Crippen LogP contribution in [0.4, 0.5) is 5.69 Å². The van der Waals surface area contributed by atoms with E-state index in [1.165, 1.54) is 25.1 Å². The highest BCUT2D eigenvalue weighted by atomic mass is 32.2. The lowest BCUT2D eigenvalue weighted by atomic mass is 10.3. The van der Waals surface area contributed by atoms with Gasteiger partial charge in [-0.05, 0) is 24.6 Å². The van der Waals surface area contributed by atoms with E-state index >= 15 is 0 Å². The summed E-state index contributed by atoms with van der Waals surface area (Å²) >= 11 is 0. The highest BCUT2D eigenvalue weighted by molar-refractivity contribution is 7.91. The monoisotopic (exact) mass is 271 g/mol. The zero-order chi connectivity index (χ0) is 13.8. The molecule has 0 unspecified atom stereocenters. The van der Waals surface area contributed by atoms with Crippen LogP contribution in [0.2, 0.25) is 0 Å². The van der Waals surface area contributed by atoms with Crippen molar-refractivity contribution in [1.29, 1.82) is 0 Å². The topological polar surface area (TPSA) is 83.5 Å². The molecule has 0 aliphatic carbocycles. The van der Waals surface area contributed by atoms with Gasteiger partial charge in [-0.15, -0.1) is 0 Å². The Balaban J connectivity index is 3.08. The molecule has 1 amide bonds. The molecule has 1 rings (SSSR count). The SMILES string of the molecule is CCCCS(=O)(=O)c1ccc(O)c(NC(C)=O)c1. The first-order valence-corrected chi connectivity index (χ1v) is 7.35. The van der Waals surface area contributed by atoms with E-state index in [9.17, 15) is 18.3 Å². The van der Waals surface area contributed by atoms with Crippen molar-refractivity contribution in [3.05, 3.63) is 18.2 Å². The fraction of sp³-hybridized carbons (Fsp3) is 0.417. The standard InChI is InChI=1S/C12H17NO4S/c1-3-4-7-18(16,17)10-5-6-12(15)11(8-10)13-9(2)14/h5-6,8,15H,3-4,7H2,1-2H3,(H,13,14). The number of phenolic OH excluding ortho intramolecular Hbond substituents is 1. The van der Waals surface area contributed by atoms with E-state index in [0.29, 0.717) is 6.42 Å². The van der Waals surface area contributed by atoms with E-state index in [4.69, 9.17) is 0 Å². The minimum absolute atomic E-state index is 0.0633. The number of rotatable bonds is 5. The Labute approximate surface area is 107 Å². The Hall–Kier alpha value is -1.56. The average molecular weight is 271 g/mol. The molecule has 0 saturated heterocycles. The molecule has 0 bridgehead atoms. The molecule has 1 aromatic carbocycles. The van der Waals surface area contributed by atoms with Crippen molar-refractivity contribution in [1.82, 2.24) is 0 Å². The second kappa shape index (κ2) is 5.86. The van der Waals surface area contributed by atoms with Gasteiger partial charge in [-0.1, -0.05) is 13.3 Å². The lowest BCUT2D eigenvalue weighted by molar-refractivity contribution is -0.114. The van der Waals surface area contributed by atoms with E-state index < -0.39 is 9.84 Å². The summed E-state index contributed by atoms with van der Waals surface area (Å²) in [4.78, 5) is 11.0. The van der Waals surface area contributed by atoms with Gasteiger partial charge in [-0.3, -0.25) is 4.79 Å². The number of phenols is 1. The smallest absolute Gasteiger partial charge is 0.221 e. The summed E-state index contributed by atoms with van der Waals surface area (Å²) in [5.74, 6) is -0.457. The summed E-state index contributed by atoms with van der Waals surface area (Å²) < 4.78 is 23.9. The van der Waals surface area contributed by atoms with Crippen LogP contribution < -0.4 is 5.32 Å². The first-order valence-electron chi connectivity index (χ1n) is 5.70. The molecule has 5 nitrogen and oxygen atoms in total. The van der Waals surface area contributed by atoms with Crippen LogP contribution in [0.15, 0.2) is 23.1 Å².